The van der Waals surface area contributed by atoms with Gasteiger partial charge < -0.3 is 9.52 Å². The third-order valence-electron chi connectivity index (χ3n) is 3.27. The molecule has 24 heavy (non-hydrogen) atoms. The quantitative estimate of drug-likeness (QED) is 0.680. The van der Waals surface area contributed by atoms with E-state index in [1.807, 2.05) is 0 Å². The third kappa shape index (κ3) is 3.38. The number of carboxylic acid groups (broad SMARTS) is 1. The summed E-state index contributed by atoms with van der Waals surface area (Å²) in [6.45, 7) is 0. The first kappa shape index (κ1) is 16.4. The highest BCUT2D eigenvalue weighted by Gasteiger charge is 2.29. The molecule has 0 saturated heterocycles. The Bertz CT molecular complexity index is 888. The van der Waals surface area contributed by atoms with E-state index in [4.69, 9.17) is 9.52 Å². The summed E-state index contributed by atoms with van der Waals surface area (Å²) in [5.41, 5.74) is 0.587. The van der Waals surface area contributed by atoms with E-state index < -0.39 is 17.7 Å². The van der Waals surface area contributed by atoms with Gasteiger partial charge in [-0.05, 0) is 29.8 Å². The van der Waals surface area contributed by atoms with Crippen molar-refractivity contribution in [2.75, 3.05) is 0 Å². The molecule has 1 aromatic heterocycles. The van der Waals surface area contributed by atoms with Crippen molar-refractivity contribution in [1.29, 1.82) is 0 Å². The van der Waals surface area contributed by atoms with E-state index in [1.165, 1.54) is 30.0 Å². The van der Waals surface area contributed by atoms with Gasteiger partial charge in [0, 0.05) is 5.75 Å². The van der Waals surface area contributed by atoms with Gasteiger partial charge in [-0.2, -0.15) is 13.2 Å². The van der Waals surface area contributed by atoms with Crippen molar-refractivity contribution in [2.45, 2.75) is 17.2 Å². The van der Waals surface area contributed by atoms with Gasteiger partial charge in [0.15, 0.2) is 5.58 Å². The smallest absolute Gasteiger partial charge is 0.416 e. The number of aromatic nitrogens is 1. The number of carbonyl (C=O) groups is 1. The number of thioether (sulfide) groups is 1. The maximum atomic E-state index is 12.5. The second-order valence-corrected chi connectivity index (χ2v) is 5.85. The number of benzene rings is 2. The van der Waals surface area contributed by atoms with Crippen LogP contribution in [0, 0.1) is 0 Å². The van der Waals surface area contributed by atoms with Crippen LogP contribution in [-0.4, -0.2) is 16.1 Å². The number of halogens is 3. The lowest BCUT2D eigenvalue weighted by molar-refractivity contribution is -0.137. The van der Waals surface area contributed by atoms with E-state index in [2.05, 4.69) is 4.98 Å². The molecule has 0 unspecified atom stereocenters. The Morgan fingerprint density at radius 2 is 1.88 bits per heavy atom. The Hall–Kier alpha value is -2.48. The molecule has 0 spiro atoms. The second kappa shape index (κ2) is 6.20. The Balaban J connectivity index is 1.76. The summed E-state index contributed by atoms with van der Waals surface area (Å²) in [4.78, 5) is 15.3. The summed E-state index contributed by atoms with van der Waals surface area (Å²) in [5, 5.41) is 9.37. The maximum absolute atomic E-state index is 12.5. The Labute approximate surface area is 138 Å². The van der Waals surface area contributed by atoms with Crippen LogP contribution in [0.25, 0.3) is 11.1 Å². The van der Waals surface area contributed by atoms with Gasteiger partial charge in [-0.1, -0.05) is 30.0 Å². The highest BCUT2D eigenvalue weighted by atomic mass is 32.2. The number of hydrogen-bond donors (Lipinski definition) is 1. The van der Waals surface area contributed by atoms with Crippen LogP contribution in [0.4, 0.5) is 13.2 Å². The summed E-state index contributed by atoms with van der Waals surface area (Å²) in [7, 11) is 0. The lowest BCUT2D eigenvalue weighted by Crippen LogP contribution is -2.04. The van der Waals surface area contributed by atoms with Crippen molar-refractivity contribution in [1.82, 2.24) is 4.98 Å². The normalized spacial score (nSPS) is 11.8. The van der Waals surface area contributed by atoms with Crippen LogP contribution >= 0.6 is 11.8 Å². The van der Waals surface area contributed by atoms with Gasteiger partial charge >= 0.3 is 12.1 Å². The first-order valence-corrected chi connectivity index (χ1v) is 7.75. The van der Waals surface area contributed by atoms with Gasteiger partial charge in [0.25, 0.3) is 5.22 Å². The fourth-order valence-electron chi connectivity index (χ4n) is 2.09. The molecule has 1 N–H and O–H groups in total. The molecule has 0 aliphatic rings. The van der Waals surface area contributed by atoms with Crippen LogP contribution in [0.3, 0.4) is 0 Å². The molecule has 4 nitrogen and oxygen atoms in total. The van der Waals surface area contributed by atoms with Crippen molar-refractivity contribution >= 4 is 28.8 Å². The average Bonchev–Trinajstić information content (AvgIpc) is 2.95. The number of rotatable bonds is 4. The topological polar surface area (TPSA) is 63.3 Å². The molecule has 3 aromatic rings. The first-order valence-electron chi connectivity index (χ1n) is 6.76. The maximum Gasteiger partial charge on any atom is 0.416 e. The number of alkyl halides is 3. The summed E-state index contributed by atoms with van der Waals surface area (Å²) in [6.07, 6.45) is -4.36. The summed E-state index contributed by atoms with van der Waals surface area (Å²) in [6, 6.07) is 9.43. The van der Waals surface area contributed by atoms with Gasteiger partial charge in [0.2, 0.25) is 0 Å². The minimum atomic E-state index is -4.36. The van der Waals surface area contributed by atoms with E-state index in [0.29, 0.717) is 16.8 Å². The second-order valence-electron chi connectivity index (χ2n) is 4.92. The van der Waals surface area contributed by atoms with E-state index in [-0.39, 0.29) is 16.4 Å². The van der Waals surface area contributed by atoms with Crippen LogP contribution in [0.2, 0.25) is 0 Å². The zero-order valence-corrected chi connectivity index (χ0v) is 12.8. The average molecular weight is 353 g/mol. The predicted molar refractivity (Wildman–Crippen MR) is 82.0 cm³/mol. The first-order chi connectivity index (χ1) is 11.3. The van der Waals surface area contributed by atoms with Gasteiger partial charge in [0.05, 0.1) is 5.56 Å². The molecule has 0 bridgehead atoms. The van der Waals surface area contributed by atoms with Crippen LogP contribution in [0.1, 0.15) is 21.5 Å². The molecule has 0 amide bonds. The van der Waals surface area contributed by atoms with E-state index >= 15 is 0 Å². The highest BCUT2D eigenvalue weighted by molar-refractivity contribution is 7.98. The number of fused-ring (bicyclic) bond motifs is 1. The summed E-state index contributed by atoms with van der Waals surface area (Å²) < 4.78 is 43.0. The Morgan fingerprint density at radius 3 is 2.50 bits per heavy atom. The molecular formula is C16H10F3NO3S. The fourth-order valence-corrected chi connectivity index (χ4v) is 2.88. The molecule has 0 atom stereocenters. The lowest BCUT2D eigenvalue weighted by Gasteiger charge is -2.06. The van der Waals surface area contributed by atoms with Crippen molar-refractivity contribution in [3.05, 3.63) is 59.2 Å². The molecule has 1 heterocycles. The number of carboxylic acids is 1. The number of oxazole rings is 1. The molecular weight excluding hydrogens is 343 g/mol. The SMILES string of the molecule is O=C(O)c1cccc2nc(SCc3ccc(C(F)(F)F)cc3)oc12. The van der Waals surface area contributed by atoms with Crippen molar-refractivity contribution < 1.29 is 27.5 Å². The van der Waals surface area contributed by atoms with Gasteiger partial charge in [-0.25, -0.2) is 9.78 Å². The molecule has 0 saturated carbocycles. The van der Waals surface area contributed by atoms with Crippen LogP contribution in [-0.2, 0) is 11.9 Å². The van der Waals surface area contributed by atoms with E-state index in [9.17, 15) is 18.0 Å². The molecule has 2 aromatic carbocycles. The van der Waals surface area contributed by atoms with Gasteiger partial charge in [-0.15, -0.1) is 0 Å². The zero-order chi connectivity index (χ0) is 17.3. The Morgan fingerprint density at radius 1 is 1.17 bits per heavy atom. The highest BCUT2D eigenvalue weighted by Crippen LogP contribution is 2.31. The largest absolute Gasteiger partial charge is 0.478 e. The van der Waals surface area contributed by atoms with Crippen LogP contribution in [0.5, 0.6) is 0 Å². The van der Waals surface area contributed by atoms with Gasteiger partial charge in [-0.3, -0.25) is 0 Å². The fraction of sp³-hybridized carbons (Fsp3) is 0.125. The molecule has 0 fully saturated rings. The van der Waals surface area contributed by atoms with E-state index in [0.717, 1.165) is 12.1 Å². The monoisotopic (exact) mass is 353 g/mol. The molecule has 3 rings (SSSR count). The van der Waals surface area contributed by atoms with Crippen molar-refractivity contribution in [3.63, 3.8) is 0 Å². The van der Waals surface area contributed by atoms with Crippen LogP contribution < -0.4 is 0 Å². The number of aromatic carboxylic acids is 1. The van der Waals surface area contributed by atoms with Gasteiger partial charge in [0.1, 0.15) is 11.1 Å². The minimum Gasteiger partial charge on any atom is -0.478 e. The molecule has 124 valence electrons. The predicted octanol–water partition coefficient (Wildman–Crippen LogP) is 4.84. The standard InChI is InChI=1S/C16H10F3NO3S/c17-16(18,19)10-6-4-9(5-7-10)8-24-15-20-12-3-1-2-11(14(21)22)13(12)23-15/h1-7H,8H2,(H,21,22). The summed E-state index contributed by atoms with van der Waals surface area (Å²) >= 11 is 1.18. The number of hydrogen-bond acceptors (Lipinski definition) is 4. The Kier molecular flexibility index (Phi) is 4.23. The lowest BCUT2D eigenvalue weighted by atomic mass is 10.1. The van der Waals surface area contributed by atoms with Crippen molar-refractivity contribution in [2.24, 2.45) is 0 Å². The molecule has 0 radical (unpaired) electrons. The van der Waals surface area contributed by atoms with Crippen molar-refractivity contribution in [3.8, 4) is 0 Å². The number of nitrogens with zero attached hydrogens (tertiary/aromatic N) is 1. The zero-order valence-electron chi connectivity index (χ0n) is 12.0. The van der Waals surface area contributed by atoms with Crippen LogP contribution in [0.15, 0.2) is 52.1 Å². The minimum absolute atomic E-state index is 0.0152. The molecule has 0 aliphatic carbocycles. The van der Waals surface area contributed by atoms with E-state index in [1.54, 1.807) is 12.1 Å². The molecule has 8 heteroatoms. The summed E-state index contributed by atoms with van der Waals surface area (Å²) in [5.74, 6) is -0.760. The molecule has 0 aliphatic heterocycles. The number of para-hydroxylation sites is 1. The third-order valence-corrected chi connectivity index (χ3v) is 4.17.